The van der Waals surface area contributed by atoms with E-state index in [9.17, 15) is 14.3 Å². The monoisotopic (exact) mass is 424 g/mol. The highest BCUT2D eigenvalue weighted by Crippen LogP contribution is 2.24. The zero-order valence-electron chi connectivity index (χ0n) is 17.8. The first kappa shape index (κ1) is 22.2. The molecule has 0 radical (unpaired) electrons. The number of rotatable bonds is 7. The molecule has 162 valence electrons. The number of alkyl halides is 1. The van der Waals surface area contributed by atoms with E-state index in [1.165, 1.54) is 24.6 Å². The number of nitriles is 1. The lowest BCUT2D eigenvalue weighted by Gasteiger charge is -2.22. The van der Waals surface area contributed by atoms with Crippen LogP contribution in [-0.4, -0.2) is 50.0 Å². The maximum atomic E-state index is 14.1. The van der Waals surface area contributed by atoms with Crippen LogP contribution >= 0.6 is 0 Å². The molecule has 0 spiro atoms. The molecule has 2 heterocycles. The van der Waals surface area contributed by atoms with Crippen LogP contribution in [0.4, 0.5) is 10.2 Å². The molecule has 0 bridgehead atoms. The molecule has 0 aliphatic heterocycles. The average Bonchev–Trinajstić information content (AvgIpc) is 3.16. The highest BCUT2D eigenvalue weighted by molar-refractivity contribution is 5.99. The third-order valence-electron chi connectivity index (χ3n) is 4.65. The third kappa shape index (κ3) is 4.98. The standard InChI is InChI=1S/C22H25FN6O2/c1-13(2)27-20-16(21(30)26-12-18(23)22(3,4)31)11-25-19-9-17(28-29(19)20)15-7-5-6-14(8-15)10-24/h5-9,11,13,18,27,31H,12H2,1-4H3,(H,26,30)/t18-/m1/s1. The molecule has 1 amide bonds. The Labute approximate surface area is 179 Å². The van der Waals surface area contributed by atoms with E-state index in [0.717, 1.165) is 5.56 Å². The summed E-state index contributed by atoms with van der Waals surface area (Å²) >= 11 is 0. The van der Waals surface area contributed by atoms with Crippen LogP contribution in [0.1, 0.15) is 43.6 Å². The van der Waals surface area contributed by atoms with E-state index < -0.39 is 17.7 Å². The number of carbonyl (C=O) groups excluding carboxylic acids is 1. The number of nitrogens with one attached hydrogen (secondary N) is 2. The molecule has 0 saturated carbocycles. The van der Waals surface area contributed by atoms with Gasteiger partial charge in [0, 0.05) is 23.9 Å². The van der Waals surface area contributed by atoms with Crippen LogP contribution in [0, 0.1) is 11.3 Å². The summed E-state index contributed by atoms with van der Waals surface area (Å²) in [6.45, 7) is 6.18. The van der Waals surface area contributed by atoms with Crippen LogP contribution in [0.5, 0.6) is 0 Å². The zero-order chi connectivity index (χ0) is 22.8. The molecule has 3 rings (SSSR count). The van der Waals surface area contributed by atoms with Crippen molar-refractivity contribution in [1.82, 2.24) is 19.9 Å². The molecule has 0 aliphatic rings. The summed E-state index contributed by atoms with van der Waals surface area (Å²) in [5.74, 6) is -0.119. The number of anilines is 1. The van der Waals surface area contributed by atoms with Crippen molar-refractivity contribution in [2.45, 2.75) is 45.5 Å². The molecule has 1 aromatic carbocycles. The van der Waals surface area contributed by atoms with Gasteiger partial charge in [0.2, 0.25) is 0 Å². The summed E-state index contributed by atoms with van der Waals surface area (Å²) < 4.78 is 15.6. The van der Waals surface area contributed by atoms with Crippen molar-refractivity contribution in [3.05, 3.63) is 47.7 Å². The lowest BCUT2D eigenvalue weighted by Crippen LogP contribution is -2.42. The first-order valence-corrected chi connectivity index (χ1v) is 9.90. The van der Waals surface area contributed by atoms with Crippen LogP contribution in [0.25, 0.3) is 16.9 Å². The number of amides is 1. The van der Waals surface area contributed by atoms with Crippen molar-refractivity contribution in [3.8, 4) is 17.3 Å². The Morgan fingerprint density at radius 3 is 2.74 bits per heavy atom. The smallest absolute Gasteiger partial charge is 0.256 e. The molecular formula is C22H25FN6O2. The number of hydrogen-bond acceptors (Lipinski definition) is 6. The van der Waals surface area contributed by atoms with Gasteiger partial charge in [0.1, 0.15) is 17.6 Å². The van der Waals surface area contributed by atoms with Gasteiger partial charge in [-0.05, 0) is 39.8 Å². The zero-order valence-corrected chi connectivity index (χ0v) is 17.8. The SMILES string of the molecule is CC(C)Nc1c(C(=O)NC[C@@H](F)C(C)(C)O)cnc2cc(-c3cccc(C#N)c3)nn12. The van der Waals surface area contributed by atoms with Crippen LogP contribution in [0.2, 0.25) is 0 Å². The van der Waals surface area contributed by atoms with Crippen molar-refractivity contribution >= 4 is 17.4 Å². The highest BCUT2D eigenvalue weighted by atomic mass is 19.1. The summed E-state index contributed by atoms with van der Waals surface area (Å²) in [7, 11) is 0. The van der Waals surface area contributed by atoms with Gasteiger partial charge in [-0.15, -0.1) is 0 Å². The van der Waals surface area contributed by atoms with Crippen LogP contribution in [-0.2, 0) is 0 Å². The van der Waals surface area contributed by atoms with Crippen molar-refractivity contribution in [2.24, 2.45) is 0 Å². The molecule has 0 fully saturated rings. The van der Waals surface area contributed by atoms with Crippen molar-refractivity contribution in [3.63, 3.8) is 0 Å². The fourth-order valence-electron chi connectivity index (χ4n) is 2.93. The Morgan fingerprint density at radius 2 is 2.10 bits per heavy atom. The number of fused-ring (bicyclic) bond motifs is 1. The molecule has 31 heavy (non-hydrogen) atoms. The quantitative estimate of drug-likeness (QED) is 0.537. The highest BCUT2D eigenvalue weighted by Gasteiger charge is 2.27. The molecule has 1 atom stereocenters. The number of hydrogen-bond donors (Lipinski definition) is 3. The van der Waals surface area contributed by atoms with E-state index in [2.05, 4.69) is 26.8 Å². The van der Waals surface area contributed by atoms with E-state index in [1.807, 2.05) is 19.9 Å². The number of halogens is 1. The second-order valence-corrected chi connectivity index (χ2v) is 8.14. The van der Waals surface area contributed by atoms with Crippen LogP contribution < -0.4 is 10.6 Å². The number of nitrogens with zero attached hydrogens (tertiary/aromatic N) is 4. The van der Waals surface area contributed by atoms with Gasteiger partial charge in [-0.2, -0.15) is 14.9 Å². The number of aromatic nitrogens is 3. The van der Waals surface area contributed by atoms with Gasteiger partial charge in [-0.1, -0.05) is 12.1 Å². The Balaban J connectivity index is 2.00. The first-order valence-electron chi connectivity index (χ1n) is 9.90. The van der Waals surface area contributed by atoms with Gasteiger partial charge in [0.15, 0.2) is 5.65 Å². The summed E-state index contributed by atoms with van der Waals surface area (Å²) in [5.41, 5.74) is 0.997. The van der Waals surface area contributed by atoms with E-state index in [0.29, 0.717) is 22.7 Å². The predicted octanol–water partition coefficient (Wildman–Crippen LogP) is 2.93. The second kappa shape index (κ2) is 8.70. The van der Waals surface area contributed by atoms with E-state index in [-0.39, 0.29) is 18.2 Å². The predicted molar refractivity (Wildman–Crippen MR) is 115 cm³/mol. The van der Waals surface area contributed by atoms with Crippen LogP contribution in [0.15, 0.2) is 36.5 Å². The lowest BCUT2D eigenvalue weighted by atomic mass is 10.0. The maximum Gasteiger partial charge on any atom is 0.256 e. The maximum absolute atomic E-state index is 14.1. The summed E-state index contributed by atoms with van der Waals surface area (Å²) in [6.07, 6.45) is -0.220. The summed E-state index contributed by atoms with van der Waals surface area (Å²) in [6, 6.07) is 10.9. The van der Waals surface area contributed by atoms with Gasteiger partial charge >= 0.3 is 0 Å². The van der Waals surface area contributed by atoms with Gasteiger partial charge in [-0.3, -0.25) is 4.79 Å². The fourth-order valence-corrected chi connectivity index (χ4v) is 2.93. The second-order valence-electron chi connectivity index (χ2n) is 8.14. The number of carbonyl (C=O) groups is 1. The fraction of sp³-hybridized carbons (Fsp3) is 0.364. The number of aliphatic hydroxyl groups is 1. The average molecular weight is 424 g/mol. The lowest BCUT2D eigenvalue weighted by molar-refractivity contribution is -0.00177. The van der Waals surface area contributed by atoms with Crippen molar-refractivity contribution < 1.29 is 14.3 Å². The van der Waals surface area contributed by atoms with Crippen molar-refractivity contribution in [2.75, 3.05) is 11.9 Å². The molecule has 3 aromatic rings. The van der Waals surface area contributed by atoms with Crippen LogP contribution in [0.3, 0.4) is 0 Å². The molecule has 0 saturated heterocycles. The Bertz CT molecular complexity index is 1140. The molecule has 0 aliphatic carbocycles. The molecule has 8 nitrogen and oxygen atoms in total. The minimum Gasteiger partial charge on any atom is -0.387 e. The van der Waals surface area contributed by atoms with E-state index in [4.69, 9.17) is 5.26 Å². The number of benzene rings is 1. The summed E-state index contributed by atoms with van der Waals surface area (Å²) in [5, 5.41) is 29.2. The van der Waals surface area contributed by atoms with Gasteiger partial charge < -0.3 is 15.7 Å². The van der Waals surface area contributed by atoms with Gasteiger partial charge in [0.05, 0.1) is 29.5 Å². The minimum atomic E-state index is -1.63. The van der Waals surface area contributed by atoms with Gasteiger partial charge in [-0.25, -0.2) is 9.37 Å². The first-order chi connectivity index (χ1) is 14.6. The van der Waals surface area contributed by atoms with E-state index >= 15 is 0 Å². The normalized spacial score (nSPS) is 12.6. The minimum absolute atomic E-state index is 0.0167. The topological polar surface area (TPSA) is 115 Å². The van der Waals surface area contributed by atoms with E-state index in [1.54, 1.807) is 24.3 Å². The molecule has 3 N–H and O–H groups in total. The Hall–Kier alpha value is -3.51. The molecular weight excluding hydrogens is 399 g/mol. The molecule has 9 heteroatoms. The van der Waals surface area contributed by atoms with Crippen molar-refractivity contribution in [1.29, 1.82) is 5.26 Å². The molecule has 2 aromatic heterocycles. The Kier molecular flexibility index (Phi) is 6.22. The Morgan fingerprint density at radius 1 is 1.35 bits per heavy atom. The largest absolute Gasteiger partial charge is 0.387 e. The molecule has 0 unspecified atom stereocenters. The summed E-state index contributed by atoms with van der Waals surface area (Å²) in [4.78, 5) is 17.1. The third-order valence-corrected chi connectivity index (χ3v) is 4.65. The van der Waals surface area contributed by atoms with Gasteiger partial charge in [0.25, 0.3) is 5.91 Å².